The third-order valence-corrected chi connectivity index (χ3v) is 5.62. The van der Waals surface area contributed by atoms with Crippen LogP contribution in [0, 0.1) is 5.92 Å². The molecule has 0 spiro atoms. The molecule has 0 radical (unpaired) electrons. The van der Waals surface area contributed by atoms with E-state index in [1.54, 1.807) is 4.88 Å². The molecule has 5 heteroatoms. The van der Waals surface area contributed by atoms with Crippen LogP contribution in [0.25, 0.3) is 10.7 Å². The minimum atomic E-state index is 0.330. The fourth-order valence-electron chi connectivity index (χ4n) is 3.34. The first-order chi connectivity index (χ1) is 9.74. The highest BCUT2D eigenvalue weighted by molar-refractivity contribution is 7.15. The first kappa shape index (κ1) is 12.5. The Morgan fingerprint density at radius 2 is 2.25 bits per heavy atom. The van der Waals surface area contributed by atoms with Crippen molar-refractivity contribution in [2.45, 2.75) is 45.7 Å². The van der Waals surface area contributed by atoms with Gasteiger partial charge < -0.3 is 9.88 Å². The van der Waals surface area contributed by atoms with Gasteiger partial charge in [-0.1, -0.05) is 13.8 Å². The molecule has 2 aromatic heterocycles. The average molecular weight is 288 g/mol. The normalized spacial score (nSPS) is 21.2. The highest BCUT2D eigenvalue weighted by atomic mass is 32.1. The average Bonchev–Trinajstić information content (AvgIpc) is 3.10. The second-order valence-electron chi connectivity index (χ2n) is 6.12. The predicted octanol–water partition coefficient (Wildman–Crippen LogP) is 2.80. The van der Waals surface area contributed by atoms with Crippen LogP contribution in [0.2, 0.25) is 0 Å². The Kier molecular flexibility index (Phi) is 2.93. The van der Waals surface area contributed by atoms with E-state index in [-0.39, 0.29) is 0 Å². The van der Waals surface area contributed by atoms with E-state index in [2.05, 4.69) is 40.0 Å². The Balaban J connectivity index is 1.76. The molecule has 0 saturated carbocycles. The molecule has 4 nitrogen and oxygen atoms in total. The maximum Gasteiger partial charge on any atom is 0.174 e. The molecule has 1 atom stereocenters. The maximum absolute atomic E-state index is 4.50. The summed E-state index contributed by atoms with van der Waals surface area (Å²) in [4.78, 5) is 2.87. The van der Waals surface area contributed by atoms with Gasteiger partial charge in [-0.2, -0.15) is 0 Å². The third-order valence-electron chi connectivity index (χ3n) is 4.39. The number of thiophene rings is 1. The van der Waals surface area contributed by atoms with Crippen molar-refractivity contribution in [3.05, 3.63) is 22.3 Å². The lowest BCUT2D eigenvalue weighted by molar-refractivity contribution is 0.339. The zero-order valence-corrected chi connectivity index (χ0v) is 12.8. The van der Waals surface area contributed by atoms with Crippen molar-refractivity contribution in [3.63, 3.8) is 0 Å². The van der Waals surface area contributed by atoms with Crippen LogP contribution in [-0.4, -0.2) is 21.3 Å². The molecule has 2 aliphatic rings. The van der Waals surface area contributed by atoms with Crippen molar-refractivity contribution in [3.8, 4) is 10.7 Å². The van der Waals surface area contributed by atoms with Gasteiger partial charge in [-0.25, -0.2) is 0 Å². The van der Waals surface area contributed by atoms with Crippen molar-refractivity contribution in [2.24, 2.45) is 5.92 Å². The molecule has 1 aliphatic carbocycles. The molecule has 4 rings (SSSR count). The van der Waals surface area contributed by atoms with Gasteiger partial charge in [0.25, 0.3) is 0 Å². The highest BCUT2D eigenvalue weighted by Gasteiger charge is 2.28. The SMILES string of the molecule is CC(C)C1NCCn2c(-c3cc4c(s3)CCC4)nnc21. The van der Waals surface area contributed by atoms with Crippen LogP contribution in [0.1, 0.15) is 42.6 Å². The van der Waals surface area contributed by atoms with Crippen LogP contribution >= 0.6 is 11.3 Å². The number of hydrogen-bond donors (Lipinski definition) is 1. The summed E-state index contributed by atoms with van der Waals surface area (Å²) < 4.78 is 2.32. The van der Waals surface area contributed by atoms with Crippen LogP contribution in [0.5, 0.6) is 0 Å². The van der Waals surface area contributed by atoms with E-state index in [4.69, 9.17) is 0 Å². The molecule has 1 N–H and O–H groups in total. The van der Waals surface area contributed by atoms with Gasteiger partial charge in [0.2, 0.25) is 0 Å². The number of nitrogens with one attached hydrogen (secondary N) is 1. The topological polar surface area (TPSA) is 42.7 Å². The van der Waals surface area contributed by atoms with Crippen molar-refractivity contribution in [1.29, 1.82) is 0 Å². The summed E-state index contributed by atoms with van der Waals surface area (Å²) in [5.74, 6) is 2.72. The van der Waals surface area contributed by atoms with Crippen LogP contribution in [0.15, 0.2) is 6.07 Å². The number of fused-ring (bicyclic) bond motifs is 2. The summed E-state index contributed by atoms with van der Waals surface area (Å²) in [6.07, 6.45) is 3.80. The van der Waals surface area contributed by atoms with Crippen LogP contribution in [-0.2, 0) is 19.4 Å². The summed E-state index contributed by atoms with van der Waals surface area (Å²) in [5, 5.41) is 12.5. The van der Waals surface area contributed by atoms with Gasteiger partial charge in [-0.05, 0) is 36.8 Å². The quantitative estimate of drug-likeness (QED) is 0.924. The van der Waals surface area contributed by atoms with Gasteiger partial charge in [0.15, 0.2) is 11.6 Å². The standard InChI is InChI=1S/C15H20N4S/c1-9(2)13-15-18-17-14(19(15)7-6-16-13)12-8-10-4-3-5-11(10)20-12/h8-9,13,16H,3-7H2,1-2H3. The van der Waals surface area contributed by atoms with Crippen LogP contribution < -0.4 is 5.32 Å². The summed E-state index contributed by atoms with van der Waals surface area (Å²) in [6, 6.07) is 2.67. The van der Waals surface area contributed by atoms with Crippen LogP contribution in [0.3, 0.4) is 0 Å². The maximum atomic E-state index is 4.50. The van der Waals surface area contributed by atoms with Crippen molar-refractivity contribution in [2.75, 3.05) is 6.54 Å². The van der Waals surface area contributed by atoms with Crippen molar-refractivity contribution in [1.82, 2.24) is 20.1 Å². The largest absolute Gasteiger partial charge is 0.308 e. The molecular weight excluding hydrogens is 268 g/mol. The lowest BCUT2D eigenvalue weighted by Crippen LogP contribution is -2.36. The molecule has 0 amide bonds. The zero-order chi connectivity index (χ0) is 13.7. The Labute approximate surface area is 123 Å². The number of rotatable bonds is 2. The highest BCUT2D eigenvalue weighted by Crippen LogP contribution is 2.37. The summed E-state index contributed by atoms with van der Waals surface area (Å²) in [6.45, 7) is 6.46. The molecule has 20 heavy (non-hydrogen) atoms. The van der Waals surface area contributed by atoms with Gasteiger partial charge >= 0.3 is 0 Å². The van der Waals surface area contributed by atoms with E-state index >= 15 is 0 Å². The lowest BCUT2D eigenvalue weighted by atomic mass is 10.0. The number of aryl methyl sites for hydroxylation is 2. The Morgan fingerprint density at radius 1 is 1.35 bits per heavy atom. The minimum absolute atomic E-state index is 0.330. The number of hydrogen-bond acceptors (Lipinski definition) is 4. The van der Waals surface area contributed by atoms with E-state index in [1.807, 2.05) is 11.3 Å². The Morgan fingerprint density at radius 3 is 3.05 bits per heavy atom. The van der Waals surface area contributed by atoms with Gasteiger partial charge in [-0.3, -0.25) is 0 Å². The monoisotopic (exact) mass is 288 g/mol. The van der Waals surface area contributed by atoms with E-state index in [0.29, 0.717) is 12.0 Å². The fourth-order valence-corrected chi connectivity index (χ4v) is 4.59. The van der Waals surface area contributed by atoms with Gasteiger partial charge in [0, 0.05) is 18.0 Å². The lowest BCUT2D eigenvalue weighted by Gasteiger charge is -2.27. The van der Waals surface area contributed by atoms with Crippen LogP contribution in [0.4, 0.5) is 0 Å². The van der Waals surface area contributed by atoms with E-state index in [1.165, 1.54) is 29.7 Å². The number of aromatic nitrogens is 3. The Bertz CT molecular complexity index is 619. The molecule has 1 aliphatic heterocycles. The van der Waals surface area contributed by atoms with Crippen molar-refractivity contribution < 1.29 is 0 Å². The molecule has 2 aromatic rings. The molecule has 0 fully saturated rings. The molecule has 1 unspecified atom stereocenters. The zero-order valence-electron chi connectivity index (χ0n) is 12.0. The Hall–Kier alpha value is -1.20. The van der Waals surface area contributed by atoms with Gasteiger partial charge in [-0.15, -0.1) is 21.5 Å². The van der Waals surface area contributed by atoms with Crippen molar-refractivity contribution >= 4 is 11.3 Å². The second kappa shape index (κ2) is 4.67. The van der Waals surface area contributed by atoms with Gasteiger partial charge in [0.1, 0.15) is 0 Å². The van der Waals surface area contributed by atoms with E-state index < -0.39 is 0 Å². The van der Waals surface area contributed by atoms with Gasteiger partial charge in [0.05, 0.1) is 10.9 Å². The molecule has 3 heterocycles. The van der Waals surface area contributed by atoms with E-state index in [9.17, 15) is 0 Å². The minimum Gasteiger partial charge on any atom is -0.308 e. The third kappa shape index (κ3) is 1.84. The second-order valence-corrected chi connectivity index (χ2v) is 7.26. The van der Waals surface area contributed by atoms with E-state index in [0.717, 1.165) is 24.7 Å². The molecule has 0 saturated heterocycles. The molecule has 106 valence electrons. The fraction of sp³-hybridized carbons (Fsp3) is 0.600. The smallest absolute Gasteiger partial charge is 0.174 e. The molecule has 0 bridgehead atoms. The predicted molar refractivity (Wildman–Crippen MR) is 80.9 cm³/mol. The summed E-state index contributed by atoms with van der Waals surface area (Å²) >= 11 is 1.92. The molecule has 0 aromatic carbocycles. The summed E-state index contributed by atoms with van der Waals surface area (Å²) in [5.41, 5.74) is 1.54. The molecular formula is C15H20N4S. The first-order valence-corrected chi connectivity index (χ1v) is 8.34. The first-order valence-electron chi connectivity index (χ1n) is 7.52. The number of nitrogens with zero attached hydrogens (tertiary/aromatic N) is 3. The summed E-state index contributed by atoms with van der Waals surface area (Å²) in [7, 11) is 0.